The number of hydrogen-bond acceptors (Lipinski definition) is 4. The fraction of sp³-hybridized carbons (Fsp3) is 0.526. The summed E-state index contributed by atoms with van der Waals surface area (Å²) in [6, 6.07) is 10.4. The van der Waals surface area contributed by atoms with Gasteiger partial charge in [0.15, 0.2) is 5.69 Å². The van der Waals surface area contributed by atoms with Gasteiger partial charge in [-0.25, -0.2) is 0 Å². The lowest BCUT2D eigenvalue weighted by Gasteiger charge is -2.40. The molecule has 6 nitrogen and oxygen atoms in total. The Labute approximate surface area is 148 Å². The first kappa shape index (κ1) is 16.3. The maximum atomic E-state index is 12.7. The summed E-state index contributed by atoms with van der Waals surface area (Å²) in [5, 5.41) is 8.60. The molecule has 132 valence electrons. The number of aromatic nitrogens is 3. The summed E-state index contributed by atoms with van der Waals surface area (Å²) in [5.41, 5.74) is 1.29. The van der Waals surface area contributed by atoms with Crippen LogP contribution >= 0.6 is 0 Å². The van der Waals surface area contributed by atoms with Crippen LogP contribution in [0, 0.1) is 0 Å². The second-order valence-corrected chi connectivity index (χ2v) is 6.97. The third-order valence-electron chi connectivity index (χ3n) is 5.39. The minimum absolute atomic E-state index is 0.00882. The van der Waals surface area contributed by atoms with Gasteiger partial charge in [-0.3, -0.25) is 9.69 Å². The van der Waals surface area contributed by atoms with Crippen molar-refractivity contribution in [3.05, 3.63) is 42.2 Å². The maximum Gasteiger partial charge on any atom is 0.276 e. The molecule has 25 heavy (non-hydrogen) atoms. The van der Waals surface area contributed by atoms with E-state index in [4.69, 9.17) is 0 Å². The highest BCUT2D eigenvalue weighted by molar-refractivity contribution is 5.92. The molecule has 6 heteroatoms. The van der Waals surface area contributed by atoms with Crippen LogP contribution in [-0.2, 0) is 0 Å². The van der Waals surface area contributed by atoms with Gasteiger partial charge in [0.1, 0.15) is 0 Å². The zero-order valence-electron chi connectivity index (χ0n) is 14.5. The molecule has 0 atom stereocenters. The van der Waals surface area contributed by atoms with Gasteiger partial charge < -0.3 is 4.90 Å². The van der Waals surface area contributed by atoms with E-state index >= 15 is 0 Å². The van der Waals surface area contributed by atoms with Crippen molar-refractivity contribution in [2.24, 2.45) is 0 Å². The minimum Gasteiger partial charge on any atom is -0.335 e. The van der Waals surface area contributed by atoms with Crippen LogP contribution in [0.25, 0.3) is 5.69 Å². The number of rotatable bonds is 3. The first-order valence-corrected chi connectivity index (χ1v) is 9.32. The lowest BCUT2D eigenvalue weighted by Crippen LogP contribution is -2.52. The highest BCUT2D eigenvalue weighted by Gasteiger charge is 2.28. The summed E-state index contributed by atoms with van der Waals surface area (Å²) in [6.07, 6.45) is 8.30. The van der Waals surface area contributed by atoms with Crippen molar-refractivity contribution in [1.82, 2.24) is 24.8 Å². The van der Waals surface area contributed by atoms with Crippen LogP contribution in [0.1, 0.15) is 42.6 Å². The third kappa shape index (κ3) is 3.58. The smallest absolute Gasteiger partial charge is 0.276 e. The Balaban J connectivity index is 1.37. The van der Waals surface area contributed by atoms with E-state index in [9.17, 15) is 4.79 Å². The van der Waals surface area contributed by atoms with Crippen LogP contribution in [0.4, 0.5) is 0 Å². The molecular formula is C19H25N5O. The summed E-state index contributed by atoms with van der Waals surface area (Å²) in [4.78, 5) is 18.7. The van der Waals surface area contributed by atoms with Crippen LogP contribution < -0.4 is 0 Å². The Morgan fingerprint density at radius 3 is 2.40 bits per heavy atom. The number of para-hydroxylation sites is 1. The van der Waals surface area contributed by atoms with Gasteiger partial charge in [-0.05, 0) is 25.0 Å². The van der Waals surface area contributed by atoms with Crippen molar-refractivity contribution >= 4 is 5.91 Å². The van der Waals surface area contributed by atoms with Crippen molar-refractivity contribution in [2.75, 3.05) is 26.2 Å². The van der Waals surface area contributed by atoms with Gasteiger partial charge in [0.2, 0.25) is 0 Å². The molecular weight excluding hydrogens is 314 g/mol. The highest BCUT2D eigenvalue weighted by Crippen LogP contribution is 2.23. The molecule has 0 spiro atoms. The van der Waals surface area contributed by atoms with Crippen LogP contribution in [-0.4, -0.2) is 62.9 Å². The second-order valence-electron chi connectivity index (χ2n) is 6.97. The lowest BCUT2D eigenvalue weighted by atomic mass is 9.94. The largest absolute Gasteiger partial charge is 0.335 e. The van der Waals surface area contributed by atoms with Gasteiger partial charge in [0, 0.05) is 32.2 Å². The molecule has 2 aliphatic rings. The molecule has 1 saturated carbocycles. The summed E-state index contributed by atoms with van der Waals surface area (Å²) in [5.74, 6) is -0.00882. The molecule has 0 N–H and O–H groups in total. The predicted molar refractivity (Wildman–Crippen MR) is 95.7 cm³/mol. The fourth-order valence-corrected chi connectivity index (χ4v) is 3.95. The number of carbonyl (C=O) groups is 1. The van der Waals surface area contributed by atoms with E-state index in [1.807, 2.05) is 35.2 Å². The Kier molecular flexibility index (Phi) is 4.78. The topological polar surface area (TPSA) is 54.3 Å². The summed E-state index contributed by atoms with van der Waals surface area (Å²) >= 11 is 0. The van der Waals surface area contributed by atoms with Crippen LogP contribution in [0.15, 0.2) is 36.5 Å². The molecule has 1 aliphatic carbocycles. The molecule has 2 fully saturated rings. The normalized spacial score (nSPS) is 19.9. The molecule has 1 amide bonds. The van der Waals surface area contributed by atoms with Crippen molar-refractivity contribution < 1.29 is 4.79 Å². The second kappa shape index (κ2) is 7.35. The molecule has 2 aromatic rings. The average Bonchev–Trinajstić information content (AvgIpc) is 3.19. The van der Waals surface area contributed by atoms with Crippen LogP contribution in [0.3, 0.4) is 0 Å². The van der Waals surface area contributed by atoms with E-state index in [-0.39, 0.29) is 5.91 Å². The van der Waals surface area contributed by atoms with Crippen molar-refractivity contribution in [2.45, 2.75) is 38.1 Å². The Bertz CT molecular complexity index is 700. The quantitative estimate of drug-likeness (QED) is 0.861. The van der Waals surface area contributed by atoms with E-state index in [2.05, 4.69) is 15.1 Å². The molecule has 1 aromatic heterocycles. The number of hydrogen-bond donors (Lipinski definition) is 0. The molecule has 2 heterocycles. The first-order valence-electron chi connectivity index (χ1n) is 9.32. The van der Waals surface area contributed by atoms with E-state index < -0.39 is 0 Å². The summed E-state index contributed by atoms with van der Waals surface area (Å²) in [6.45, 7) is 3.52. The number of amides is 1. The van der Waals surface area contributed by atoms with Gasteiger partial charge in [0.25, 0.3) is 5.91 Å². The summed E-state index contributed by atoms with van der Waals surface area (Å²) < 4.78 is 0. The molecule has 1 aromatic carbocycles. The van der Waals surface area contributed by atoms with Gasteiger partial charge in [0.05, 0.1) is 11.9 Å². The fourth-order valence-electron chi connectivity index (χ4n) is 3.95. The molecule has 0 radical (unpaired) electrons. The molecule has 1 saturated heterocycles. The standard InChI is InChI=1S/C19H25N5O/c25-19(18-15-20-24(21-18)17-9-5-2-6-10-17)23-13-11-22(12-14-23)16-7-3-1-4-8-16/h2,5-6,9-10,15-16H,1,3-4,7-8,11-14H2. The number of piperazine rings is 1. The molecule has 1 aliphatic heterocycles. The molecule has 0 unspecified atom stereocenters. The van der Waals surface area contributed by atoms with E-state index in [0.717, 1.165) is 37.9 Å². The van der Waals surface area contributed by atoms with Crippen LogP contribution in [0.2, 0.25) is 0 Å². The molecule has 0 bridgehead atoms. The summed E-state index contributed by atoms with van der Waals surface area (Å²) in [7, 11) is 0. The first-order chi connectivity index (χ1) is 12.3. The Hall–Kier alpha value is -2.21. The van der Waals surface area contributed by atoms with Gasteiger partial charge in [-0.2, -0.15) is 9.90 Å². The minimum atomic E-state index is -0.00882. The van der Waals surface area contributed by atoms with Crippen LogP contribution in [0.5, 0.6) is 0 Å². The number of nitrogens with zero attached hydrogens (tertiary/aromatic N) is 5. The van der Waals surface area contributed by atoms with Crippen molar-refractivity contribution in [1.29, 1.82) is 0 Å². The van der Waals surface area contributed by atoms with Gasteiger partial charge >= 0.3 is 0 Å². The van der Waals surface area contributed by atoms with E-state index in [1.165, 1.54) is 36.9 Å². The average molecular weight is 339 g/mol. The van der Waals surface area contributed by atoms with Gasteiger partial charge in [-0.1, -0.05) is 37.5 Å². The zero-order chi connectivity index (χ0) is 17.1. The lowest BCUT2D eigenvalue weighted by molar-refractivity contribution is 0.0518. The van der Waals surface area contributed by atoms with Gasteiger partial charge in [-0.15, -0.1) is 5.10 Å². The highest BCUT2D eigenvalue weighted by atomic mass is 16.2. The molecule has 4 rings (SSSR count). The van der Waals surface area contributed by atoms with E-state index in [0.29, 0.717) is 5.69 Å². The number of carbonyl (C=O) groups excluding carboxylic acids is 1. The van der Waals surface area contributed by atoms with Crippen molar-refractivity contribution in [3.8, 4) is 5.69 Å². The zero-order valence-corrected chi connectivity index (χ0v) is 14.5. The number of benzene rings is 1. The predicted octanol–water partition coefficient (Wildman–Crippen LogP) is 2.36. The third-order valence-corrected chi connectivity index (χ3v) is 5.39. The SMILES string of the molecule is O=C(c1cnn(-c2ccccc2)n1)N1CCN(C2CCCCC2)CC1. The van der Waals surface area contributed by atoms with Crippen molar-refractivity contribution in [3.63, 3.8) is 0 Å². The monoisotopic (exact) mass is 339 g/mol. The maximum absolute atomic E-state index is 12.7. The Morgan fingerprint density at radius 2 is 1.68 bits per heavy atom. The Morgan fingerprint density at radius 1 is 0.960 bits per heavy atom. The van der Waals surface area contributed by atoms with E-state index in [1.54, 1.807) is 6.20 Å².